The minimum atomic E-state index is -1.61. The van der Waals surface area contributed by atoms with Gasteiger partial charge in [0.2, 0.25) is 0 Å². The molecule has 2 unspecified atom stereocenters. The summed E-state index contributed by atoms with van der Waals surface area (Å²) in [6, 6.07) is 1.45. The molecule has 0 fully saturated rings. The molecule has 0 aliphatic rings. The molecule has 0 aliphatic heterocycles. The first-order valence-corrected chi connectivity index (χ1v) is 4.25. The highest BCUT2D eigenvalue weighted by Crippen LogP contribution is 2.28. The fraction of sp³-hybridized carbons (Fsp3) is 0.286. The summed E-state index contributed by atoms with van der Waals surface area (Å²) in [5, 5.41) is 26.7. The van der Waals surface area contributed by atoms with Crippen LogP contribution in [0.1, 0.15) is 11.7 Å². The smallest absolute Gasteiger partial charge is 0.170 e. The lowest BCUT2D eigenvalue weighted by molar-refractivity contribution is 0.0524. The van der Waals surface area contributed by atoms with Crippen molar-refractivity contribution in [2.24, 2.45) is 0 Å². The van der Waals surface area contributed by atoms with Crippen molar-refractivity contribution in [2.75, 3.05) is 0 Å². The summed E-state index contributed by atoms with van der Waals surface area (Å²) in [4.78, 5) is 7.13. The normalized spacial score (nSPS) is 14.5. The van der Waals surface area contributed by atoms with Gasteiger partial charge in [-0.3, -0.25) is 0 Å². The van der Waals surface area contributed by atoms with Crippen LogP contribution in [0.25, 0.3) is 0 Å². The van der Waals surface area contributed by atoms with Crippen molar-refractivity contribution in [1.29, 1.82) is 5.26 Å². The Labute approximate surface area is 89.6 Å². The number of aliphatic hydroxyl groups is 2. The Balaban J connectivity index is 3.13. The molecule has 14 heavy (non-hydrogen) atoms. The van der Waals surface area contributed by atoms with Crippen LogP contribution in [-0.4, -0.2) is 26.3 Å². The molecule has 0 saturated heterocycles. The van der Waals surface area contributed by atoms with Crippen molar-refractivity contribution in [3.8, 4) is 6.07 Å². The topological polar surface area (TPSA) is 90.0 Å². The number of nitrogens with zero attached hydrogens (tertiary/aromatic N) is 3. The van der Waals surface area contributed by atoms with Crippen LogP contribution in [0.3, 0.4) is 0 Å². The molecule has 5 nitrogen and oxygen atoms in total. The first-order valence-electron chi connectivity index (χ1n) is 3.49. The predicted octanol–water partition coefficient (Wildman–Crippen LogP) is 0.701. The maximum Gasteiger partial charge on any atom is 0.170 e. The highest BCUT2D eigenvalue weighted by molar-refractivity contribution is 6.34. The van der Waals surface area contributed by atoms with E-state index in [2.05, 4.69) is 9.97 Å². The fourth-order valence-electron chi connectivity index (χ4n) is 0.827. The number of halogens is 2. The lowest BCUT2D eigenvalue weighted by Gasteiger charge is -2.13. The Bertz CT molecular complexity index is 359. The number of hydrogen-bond donors (Lipinski definition) is 2. The molecule has 0 aromatic carbocycles. The Morgan fingerprint density at radius 1 is 1.29 bits per heavy atom. The minimum Gasteiger partial charge on any atom is -0.384 e. The molecule has 74 valence electrons. The van der Waals surface area contributed by atoms with Gasteiger partial charge in [-0.1, -0.05) is 23.2 Å². The van der Waals surface area contributed by atoms with E-state index in [1.807, 2.05) is 0 Å². The number of aliphatic hydroxyl groups excluding tert-OH is 2. The molecule has 1 rings (SSSR count). The van der Waals surface area contributed by atoms with E-state index in [4.69, 9.17) is 33.6 Å². The van der Waals surface area contributed by atoms with Gasteiger partial charge in [-0.2, -0.15) is 5.26 Å². The fourth-order valence-corrected chi connectivity index (χ4v) is 1.37. The van der Waals surface area contributed by atoms with Crippen molar-refractivity contribution >= 4 is 23.2 Å². The lowest BCUT2D eigenvalue weighted by Crippen LogP contribution is -2.17. The van der Waals surface area contributed by atoms with Gasteiger partial charge in [0.25, 0.3) is 0 Å². The van der Waals surface area contributed by atoms with Gasteiger partial charge in [-0.05, 0) is 0 Å². The van der Waals surface area contributed by atoms with E-state index in [1.165, 1.54) is 6.07 Å². The van der Waals surface area contributed by atoms with E-state index in [9.17, 15) is 5.11 Å². The Morgan fingerprint density at radius 3 is 2.21 bits per heavy atom. The zero-order valence-corrected chi connectivity index (χ0v) is 8.24. The Kier molecular flexibility index (Phi) is 3.61. The average molecular weight is 234 g/mol. The van der Waals surface area contributed by atoms with E-state index in [1.54, 1.807) is 0 Å². The van der Waals surface area contributed by atoms with E-state index in [-0.39, 0.29) is 15.9 Å². The highest BCUT2D eigenvalue weighted by atomic mass is 35.5. The molecule has 7 heteroatoms. The second-order valence-corrected chi connectivity index (χ2v) is 3.10. The molecular formula is C7H5Cl2N3O2. The van der Waals surface area contributed by atoms with Crippen molar-refractivity contribution in [3.63, 3.8) is 0 Å². The van der Waals surface area contributed by atoms with Crippen LogP contribution in [-0.2, 0) is 0 Å². The van der Waals surface area contributed by atoms with Crippen LogP contribution in [0.2, 0.25) is 10.3 Å². The van der Waals surface area contributed by atoms with Crippen LogP contribution in [0, 0.1) is 11.3 Å². The third kappa shape index (κ3) is 2.11. The largest absolute Gasteiger partial charge is 0.384 e. The van der Waals surface area contributed by atoms with Crippen molar-refractivity contribution in [2.45, 2.75) is 12.2 Å². The second-order valence-electron chi connectivity index (χ2n) is 2.39. The number of aromatic nitrogens is 2. The standard InChI is InChI=1S/C7H5Cl2N3O2/c8-6-4(5(14)3(13)1-10)7(9)12-2-11-6/h2-3,5,13-14H. The summed E-state index contributed by atoms with van der Waals surface area (Å²) in [5.41, 5.74) is -0.0510. The van der Waals surface area contributed by atoms with Crippen LogP contribution in [0.15, 0.2) is 6.33 Å². The third-order valence-electron chi connectivity index (χ3n) is 1.51. The van der Waals surface area contributed by atoms with Crippen LogP contribution in [0.5, 0.6) is 0 Å². The zero-order valence-electron chi connectivity index (χ0n) is 6.72. The monoisotopic (exact) mass is 233 g/mol. The molecule has 1 aromatic rings. The molecule has 1 heterocycles. The second kappa shape index (κ2) is 4.53. The molecule has 0 spiro atoms. The molecule has 0 saturated carbocycles. The van der Waals surface area contributed by atoms with Gasteiger partial charge >= 0.3 is 0 Å². The van der Waals surface area contributed by atoms with E-state index in [0.29, 0.717) is 0 Å². The van der Waals surface area contributed by atoms with Gasteiger partial charge in [0.05, 0.1) is 11.6 Å². The van der Waals surface area contributed by atoms with E-state index < -0.39 is 12.2 Å². The maximum atomic E-state index is 9.43. The number of nitriles is 1. The quantitative estimate of drug-likeness (QED) is 0.580. The minimum absolute atomic E-state index is 0.0510. The molecule has 2 atom stereocenters. The lowest BCUT2D eigenvalue weighted by atomic mass is 10.1. The molecule has 2 N–H and O–H groups in total. The first-order chi connectivity index (χ1) is 6.57. The summed E-state index contributed by atoms with van der Waals surface area (Å²) < 4.78 is 0. The predicted molar refractivity (Wildman–Crippen MR) is 48.6 cm³/mol. The van der Waals surface area contributed by atoms with Crippen molar-refractivity contribution in [1.82, 2.24) is 9.97 Å². The molecule has 1 aromatic heterocycles. The van der Waals surface area contributed by atoms with E-state index in [0.717, 1.165) is 6.33 Å². The molecule has 0 amide bonds. The summed E-state index contributed by atoms with van der Waals surface area (Å²) in [6.45, 7) is 0. The molecule has 0 bridgehead atoms. The summed E-state index contributed by atoms with van der Waals surface area (Å²) in [6.07, 6.45) is -2.02. The van der Waals surface area contributed by atoms with Crippen molar-refractivity contribution < 1.29 is 10.2 Å². The van der Waals surface area contributed by atoms with Gasteiger partial charge in [0, 0.05) is 0 Å². The molecule has 0 radical (unpaired) electrons. The van der Waals surface area contributed by atoms with Crippen LogP contribution >= 0.6 is 23.2 Å². The van der Waals surface area contributed by atoms with Gasteiger partial charge in [-0.15, -0.1) is 0 Å². The number of rotatable bonds is 2. The Morgan fingerprint density at radius 2 is 1.79 bits per heavy atom. The van der Waals surface area contributed by atoms with Crippen LogP contribution < -0.4 is 0 Å². The zero-order chi connectivity index (χ0) is 10.7. The van der Waals surface area contributed by atoms with Crippen LogP contribution in [0.4, 0.5) is 0 Å². The third-order valence-corrected chi connectivity index (χ3v) is 2.12. The van der Waals surface area contributed by atoms with Gasteiger partial charge in [0.1, 0.15) is 22.7 Å². The maximum absolute atomic E-state index is 9.43. The van der Waals surface area contributed by atoms with Gasteiger partial charge in [-0.25, -0.2) is 9.97 Å². The molecular weight excluding hydrogens is 229 g/mol. The number of hydrogen-bond acceptors (Lipinski definition) is 5. The summed E-state index contributed by atoms with van der Waals surface area (Å²) in [5.74, 6) is 0. The molecule has 0 aliphatic carbocycles. The summed E-state index contributed by atoms with van der Waals surface area (Å²) >= 11 is 11.2. The summed E-state index contributed by atoms with van der Waals surface area (Å²) in [7, 11) is 0. The SMILES string of the molecule is N#CC(O)C(O)c1c(Cl)ncnc1Cl. The van der Waals surface area contributed by atoms with Gasteiger partial charge in [0.15, 0.2) is 6.10 Å². The van der Waals surface area contributed by atoms with E-state index >= 15 is 0 Å². The average Bonchev–Trinajstić information content (AvgIpc) is 2.16. The Hall–Kier alpha value is -0.930. The highest BCUT2D eigenvalue weighted by Gasteiger charge is 2.24. The first kappa shape index (κ1) is 11.1. The van der Waals surface area contributed by atoms with Gasteiger partial charge < -0.3 is 10.2 Å². The van der Waals surface area contributed by atoms with Crippen molar-refractivity contribution in [3.05, 3.63) is 22.2 Å².